The van der Waals surface area contributed by atoms with Crippen LogP contribution in [0.2, 0.25) is 0 Å². The molecule has 18 heavy (non-hydrogen) atoms. The first kappa shape index (κ1) is 12.5. The topological polar surface area (TPSA) is 42.7 Å². The van der Waals surface area contributed by atoms with Gasteiger partial charge in [-0.1, -0.05) is 6.92 Å². The van der Waals surface area contributed by atoms with E-state index in [1.807, 2.05) is 4.68 Å². The third kappa shape index (κ3) is 2.85. The Hall–Kier alpha value is -1.91. The third-order valence-electron chi connectivity index (χ3n) is 2.74. The molecule has 0 saturated heterocycles. The van der Waals surface area contributed by atoms with E-state index in [0.717, 1.165) is 24.5 Å². The summed E-state index contributed by atoms with van der Waals surface area (Å²) in [6.45, 7) is 5.30. The summed E-state index contributed by atoms with van der Waals surface area (Å²) < 4.78 is 15.0. The fourth-order valence-corrected chi connectivity index (χ4v) is 1.76. The molecule has 2 aromatic rings. The van der Waals surface area contributed by atoms with Gasteiger partial charge in [0, 0.05) is 12.2 Å². The fraction of sp³-hybridized carbons (Fsp3) is 0.385. The van der Waals surface area contributed by atoms with Crippen molar-refractivity contribution in [3.63, 3.8) is 0 Å². The van der Waals surface area contributed by atoms with Crippen LogP contribution in [0.1, 0.15) is 24.7 Å². The molecular formula is C13H17FN4. The molecular weight excluding hydrogens is 231 g/mol. The van der Waals surface area contributed by atoms with E-state index in [2.05, 4.69) is 22.3 Å². The molecule has 0 aliphatic heterocycles. The molecule has 1 aromatic heterocycles. The Morgan fingerprint density at radius 1 is 1.39 bits per heavy atom. The van der Waals surface area contributed by atoms with E-state index in [0.29, 0.717) is 12.1 Å². The number of halogens is 1. The minimum atomic E-state index is -0.185. The zero-order valence-electron chi connectivity index (χ0n) is 10.7. The number of nitrogens with one attached hydrogen (secondary N) is 1. The zero-order chi connectivity index (χ0) is 13.0. The minimum Gasteiger partial charge on any atom is -0.378 e. The van der Waals surface area contributed by atoms with Crippen LogP contribution in [0.4, 0.5) is 10.1 Å². The summed E-state index contributed by atoms with van der Waals surface area (Å²) in [5.74, 6) is 0.702. The lowest BCUT2D eigenvalue weighted by molar-refractivity contribution is 0.574. The molecule has 1 heterocycles. The predicted molar refractivity (Wildman–Crippen MR) is 68.8 cm³/mol. The summed E-state index contributed by atoms with van der Waals surface area (Å²) in [6, 6.07) is 4.98. The highest BCUT2D eigenvalue weighted by Crippen LogP contribution is 2.14. The predicted octanol–water partition coefficient (Wildman–Crippen LogP) is 2.75. The van der Waals surface area contributed by atoms with E-state index in [1.54, 1.807) is 25.4 Å². The Labute approximate surface area is 106 Å². The van der Waals surface area contributed by atoms with Crippen molar-refractivity contribution in [3.8, 4) is 0 Å². The van der Waals surface area contributed by atoms with Gasteiger partial charge >= 0.3 is 0 Å². The number of aromatic nitrogens is 3. The van der Waals surface area contributed by atoms with Crippen molar-refractivity contribution >= 4 is 5.69 Å². The molecule has 1 aromatic carbocycles. The first-order valence-corrected chi connectivity index (χ1v) is 6.07. The first-order chi connectivity index (χ1) is 8.70. The minimum absolute atomic E-state index is 0.185. The van der Waals surface area contributed by atoms with E-state index in [9.17, 15) is 4.39 Å². The van der Waals surface area contributed by atoms with Crippen LogP contribution in [0.15, 0.2) is 24.5 Å². The summed E-state index contributed by atoms with van der Waals surface area (Å²) >= 11 is 0. The van der Waals surface area contributed by atoms with Gasteiger partial charge in [-0.2, -0.15) is 5.10 Å². The van der Waals surface area contributed by atoms with E-state index in [-0.39, 0.29) is 5.82 Å². The van der Waals surface area contributed by atoms with Crippen LogP contribution < -0.4 is 5.32 Å². The average molecular weight is 248 g/mol. The van der Waals surface area contributed by atoms with E-state index < -0.39 is 0 Å². The van der Waals surface area contributed by atoms with Crippen LogP contribution in [0, 0.1) is 12.7 Å². The van der Waals surface area contributed by atoms with Crippen molar-refractivity contribution in [2.45, 2.75) is 33.4 Å². The molecule has 0 spiro atoms. The number of nitrogens with zero attached hydrogens (tertiary/aromatic N) is 3. The molecule has 96 valence electrons. The number of rotatable bonds is 5. The molecule has 0 amide bonds. The summed E-state index contributed by atoms with van der Waals surface area (Å²) in [4.78, 5) is 4.21. The number of hydrogen-bond donors (Lipinski definition) is 1. The lowest BCUT2D eigenvalue weighted by atomic mass is 10.2. The van der Waals surface area contributed by atoms with Gasteiger partial charge in [-0.15, -0.1) is 0 Å². The molecule has 1 N–H and O–H groups in total. The van der Waals surface area contributed by atoms with Crippen LogP contribution in [-0.2, 0) is 13.1 Å². The molecule has 4 nitrogen and oxygen atoms in total. The van der Waals surface area contributed by atoms with Crippen molar-refractivity contribution in [2.75, 3.05) is 5.32 Å². The molecule has 0 saturated carbocycles. The van der Waals surface area contributed by atoms with Gasteiger partial charge in [-0.3, -0.25) is 0 Å². The smallest absolute Gasteiger partial charge is 0.146 e. The van der Waals surface area contributed by atoms with Crippen molar-refractivity contribution in [1.82, 2.24) is 14.8 Å². The van der Waals surface area contributed by atoms with Gasteiger partial charge < -0.3 is 5.32 Å². The Morgan fingerprint density at radius 3 is 2.94 bits per heavy atom. The van der Waals surface area contributed by atoms with Crippen molar-refractivity contribution < 1.29 is 4.39 Å². The van der Waals surface area contributed by atoms with Gasteiger partial charge in [-0.05, 0) is 37.1 Å². The maximum atomic E-state index is 13.1. The average Bonchev–Trinajstić information content (AvgIpc) is 2.79. The summed E-state index contributed by atoms with van der Waals surface area (Å²) in [5.41, 5.74) is 1.52. The van der Waals surface area contributed by atoms with E-state index >= 15 is 0 Å². The molecule has 0 radical (unpaired) electrons. The highest BCUT2D eigenvalue weighted by Gasteiger charge is 2.04. The van der Waals surface area contributed by atoms with Crippen LogP contribution in [0.5, 0.6) is 0 Å². The highest BCUT2D eigenvalue weighted by molar-refractivity contribution is 5.45. The van der Waals surface area contributed by atoms with Crippen molar-refractivity contribution in [2.24, 2.45) is 0 Å². The molecule has 0 unspecified atom stereocenters. The van der Waals surface area contributed by atoms with Crippen LogP contribution in [0.3, 0.4) is 0 Å². The molecule has 0 fully saturated rings. The largest absolute Gasteiger partial charge is 0.378 e. The zero-order valence-corrected chi connectivity index (χ0v) is 10.7. The van der Waals surface area contributed by atoms with E-state index in [1.165, 1.54) is 6.07 Å². The van der Waals surface area contributed by atoms with Crippen LogP contribution in [-0.4, -0.2) is 14.8 Å². The maximum absolute atomic E-state index is 13.1. The lowest BCUT2D eigenvalue weighted by Gasteiger charge is -2.08. The maximum Gasteiger partial charge on any atom is 0.146 e. The lowest BCUT2D eigenvalue weighted by Crippen LogP contribution is -2.10. The Kier molecular flexibility index (Phi) is 3.92. The highest BCUT2D eigenvalue weighted by atomic mass is 19.1. The number of benzene rings is 1. The monoisotopic (exact) mass is 248 g/mol. The molecule has 2 rings (SSSR count). The summed E-state index contributed by atoms with van der Waals surface area (Å²) in [7, 11) is 0. The first-order valence-electron chi connectivity index (χ1n) is 6.07. The Bertz CT molecular complexity index is 521. The van der Waals surface area contributed by atoms with Crippen molar-refractivity contribution in [1.29, 1.82) is 0 Å². The number of aryl methyl sites for hydroxylation is 2. The SMILES string of the molecule is CCCn1ncnc1CNc1ccc(F)c(C)c1. The van der Waals surface area contributed by atoms with Gasteiger partial charge in [0.25, 0.3) is 0 Å². The van der Waals surface area contributed by atoms with Gasteiger partial charge in [-0.25, -0.2) is 14.1 Å². The number of anilines is 1. The van der Waals surface area contributed by atoms with Crippen LogP contribution >= 0.6 is 0 Å². The second-order valence-electron chi connectivity index (χ2n) is 4.22. The van der Waals surface area contributed by atoms with E-state index in [4.69, 9.17) is 0 Å². The molecule has 0 atom stereocenters. The Balaban J connectivity index is 2.02. The van der Waals surface area contributed by atoms with Crippen LogP contribution in [0.25, 0.3) is 0 Å². The normalized spacial score (nSPS) is 10.6. The molecule has 0 aliphatic carbocycles. The molecule has 0 aliphatic rings. The Morgan fingerprint density at radius 2 is 2.22 bits per heavy atom. The fourth-order valence-electron chi connectivity index (χ4n) is 1.76. The summed E-state index contributed by atoms with van der Waals surface area (Å²) in [5, 5.41) is 7.38. The van der Waals surface area contributed by atoms with Gasteiger partial charge in [0.05, 0.1) is 6.54 Å². The number of hydrogen-bond acceptors (Lipinski definition) is 3. The standard InChI is InChI=1S/C13H17FN4/c1-3-6-18-13(16-9-17-18)8-15-11-4-5-12(14)10(2)7-11/h4-5,7,9,15H,3,6,8H2,1-2H3. The van der Waals surface area contributed by atoms with Gasteiger partial charge in [0.2, 0.25) is 0 Å². The molecule has 5 heteroatoms. The quantitative estimate of drug-likeness (QED) is 0.884. The van der Waals surface area contributed by atoms with Gasteiger partial charge in [0.1, 0.15) is 18.0 Å². The molecule has 0 bridgehead atoms. The van der Waals surface area contributed by atoms with Gasteiger partial charge in [0.15, 0.2) is 0 Å². The second-order valence-corrected chi connectivity index (χ2v) is 4.22. The van der Waals surface area contributed by atoms with Crippen molar-refractivity contribution in [3.05, 3.63) is 41.7 Å². The second kappa shape index (κ2) is 5.62. The third-order valence-corrected chi connectivity index (χ3v) is 2.74. The summed E-state index contributed by atoms with van der Waals surface area (Å²) in [6.07, 6.45) is 2.58.